The highest BCUT2D eigenvalue weighted by Gasteiger charge is 2.41. The molecular formula is C16H14N2S. The maximum Gasteiger partial charge on any atom is 0.0975 e. The van der Waals surface area contributed by atoms with Crippen LogP contribution in [0.25, 0.3) is 10.2 Å². The molecule has 2 aromatic carbocycles. The van der Waals surface area contributed by atoms with Crippen molar-refractivity contribution in [2.24, 2.45) is 0 Å². The largest absolute Gasteiger partial charge is 0.399 e. The lowest BCUT2D eigenvalue weighted by Crippen LogP contribution is -1.83. The van der Waals surface area contributed by atoms with Crippen molar-refractivity contribution in [3.8, 4) is 0 Å². The first-order valence-electron chi connectivity index (χ1n) is 6.52. The molecule has 0 saturated heterocycles. The maximum atomic E-state index is 5.82. The van der Waals surface area contributed by atoms with Gasteiger partial charge in [0.15, 0.2) is 0 Å². The maximum absolute atomic E-state index is 5.82. The fourth-order valence-corrected chi connectivity index (χ4v) is 3.85. The van der Waals surface area contributed by atoms with Crippen molar-refractivity contribution in [2.75, 3.05) is 5.73 Å². The van der Waals surface area contributed by atoms with Gasteiger partial charge in [-0.05, 0) is 36.1 Å². The first kappa shape index (κ1) is 11.0. The lowest BCUT2D eigenvalue weighted by Gasteiger charge is -1.96. The van der Waals surface area contributed by atoms with Gasteiger partial charge in [-0.3, -0.25) is 0 Å². The Morgan fingerprint density at radius 3 is 2.74 bits per heavy atom. The molecule has 1 aliphatic carbocycles. The van der Waals surface area contributed by atoms with E-state index in [1.165, 1.54) is 21.7 Å². The van der Waals surface area contributed by atoms with Gasteiger partial charge in [0, 0.05) is 11.6 Å². The molecule has 4 rings (SSSR count). The average Bonchev–Trinajstić information content (AvgIpc) is 3.13. The lowest BCUT2D eigenvalue weighted by molar-refractivity contribution is 1.01. The molecule has 1 heterocycles. The highest BCUT2D eigenvalue weighted by molar-refractivity contribution is 7.18. The zero-order valence-electron chi connectivity index (χ0n) is 10.4. The van der Waals surface area contributed by atoms with Gasteiger partial charge in [-0.1, -0.05) is 30.3 Å². The van der Waals surface area contributed by atoms with E-state index in [-0.39, 0.29) is 0 Å². The van der Waals surface area contributed by atoms with E-state index < -0.39 is 0 Å². The van der Waals surface area contributed by atoms with Crippen LogP contribution >= 0.6 is 11.3 Å². The molecule has 1 fully saturated rings. The third kappa shape index (κ3) is 1.90. The molecule has 0 radical (unpaired) electrons. The molecule has 1 saturated carbocycles. The number of nitrogen functional groups attached to an aromatic ring is 1. The molecule has 3 aromatic rings. The Morgan fingerprint density at radius 1 is 1.05 bits per heavy atom. The van der Waals surface area contributed by atoms with E-state index in [1.807, 2.05) is 18.2 Å². The van der Waals surface area contributed by atoms with Crippen LogP contribution in [-0.2, 0) is 0 Å². The highest BCUT2D eigenvalue weighted by atomic mass is 32.1. The summed E-state index contributed by atoms with van der Waals surface area (Å²) in [5.74, 6) is 1.25. The van der Waals surface area contributed by atoms with Gasteiger partial charge < -0.3 is 5.73 Å². The minimum Gasteiger partial charge on any atom is -0.399 e. The van der Waals surface area contributed by atoms with Gasteiger partial charge in [0.2, 0.25) is 0 Å². The van der Waals surface area contributed by atoms with E-state index in [4.69, 9.17) is 10.7 Å². The standard InChI is InChI=1S/C16H14N2S/c17-11-6-7-14-15(8-11)19-16(18-14)13-9-12(13)10-4-2-1-3-5-10/h1-8,12-13H,9,17H2. The Kier molecular flexibility index (Phi) is 2.35. The number of benzene rings is 2. The van der Waals surface area contributed by atoms with Crippen LogP contribution in [0.3, 0.4) is 0 Å². The van der Waals surface area contributed by atoms with Crippen LogP contribution in [0.15, 0.2) is 48.5 Å². The summed E-state index contributed by atoms with van der Waals surface area (Å²) in [5.41, 5.74) is 9.15. The summed E-state index contributed by atoms with van der Waals surface area (Å²) in [6, 6.07) is 16.7. The molecule has 94 valence electrons. The quantitative estimate of drug-likeness (QED) is 0.708. The van der Waals surface area contributed by atoms with E-state index >= 15 is 0 Å². The molecule has 2 atom stereocenters. The second kappa shape index (κ2) is 4.07. The Morgan fingerprint density at radius 2 is 1.89 bits per heavy atom. The zero-order chi connectivity index (χ0) is 12.8. The van der Waals surface area contributed by atoms with Crippen molar-refractivity contribution in [2.45, 2.75) is 18.3 Å². The highest BCUT2D eigenvalue weighted by Crippen LogP contribution is 2.55. The van der Waals surface area contributed by atoms with Gasteiger partial charge in [-0.15, -0.1) is 11.3 Å². The molecule has 0 spiro atoms. The molecule has 19 heavy (non-hydrogen) atoms. The molecule has 0 bridgehead atoms. The topological polar surface area (TPSA) is 38.9 Å². The number of rotatable bonds is 2. The number of hydrogen-bond donors (Lipinski definition) is 1. The van der Waals surface area contributed by atoms with Crippen LogP contribution in [0.2, 0.25) is 0 Å². The number of hydrogen-bond acceptors (Lipinski definition) is 3. The molecule has 1 aromatic heterocycles. The van der Waals surface area contributed by atoms with E-state index in [9.17, 15) is 0 Å². The predicted octanol–water partition coefficient (Wildman–Crippen LogP) is 4.15. The smallest absolute Gasteiger partial charge is 0.0975 e. The van der Waals surface area contributed by atoms with E-state index in [2.05, 4.69) is 30.3 Å². The van der Waals surface area contributed by atoms with E-state index in [1.54, 1.807) is 11.3 Å². The van der Waals surface area contributed by atoms with Crippen LogP contribution in [0.1, 0.15) is 28.8 Å². The van der Waals surface area contributed by atoms with Crippen LogP contribution < -0.4 is 5.73 Å². The molecule has 0 aliphatic heterocycles. The number of thiazole rings is 1. The van der Waals surface area contributed by atoms with Crippen molar-refractivity contribution >= 4 is 27.2 Å². The first-order valence-corrected chi connectivity index (χ1v) is 7.34. The van der Waals surface area contributed by atoms with Crippen molar-refractivity contribution < 1.29 is 0 Å². The summed E-state index contributed by atoms with van der Waals surface area (Å²) in [5, 5.41) is 1.26. The monoisotopic (exact) mass is 266 g/mol. The second-order valence-corrected chi connectivity index (χ2v) is 6.20. The summed E-state index contributed by atoms with van der Waals surface area (Å²) in [6.07, 6.45) is 1.22. The summed E-state index contributed by atoms with van der Waals surface area (Å²) in [6.45, 7) is 0. The number of aromatic nitrogens is 1. The molecule has 2 unspecified atom stereocenters. The third-order valence-corrected chi connectivity index (χ3v) is 4.91. The average molecular weight is 266 g/mol. The number of nitrogens with two attached hydrogens (primary N) is 1. The number of nitrogens with zero attached hydrogens (tertiary/aromatic N) is 1. The van der Waals surface area contributed by atoms with Crippen LogP contribution in [0.5, 0.6) is 0 Å². The van der Waals surface area contributed by atoms with Crippen molar-refractivity contribution in [3.05, 3.63) is 59.1 Å². The molecule has 0 amide bonds. The summed E-state index contributed by atoms with van der Waals surface area (Å²) >= 11 is 1.79. The van der Waals surface area contributed by atoms with Gasteiger partial charge in [0.05, 0.1) is 15.2 Å². The lowest BCUT2D eigenvalue weighted by atomic mass is 10.1. The number of anilines is 1. The minimum absolute atomic E-state index is 0.598. The van der Waals surface area contributed by atoms with Crippen molar-refractivity contribution in [3.63, 3.8) is 0 Å². The second-order valence-electron chi connectivity index (χ2n) is 5.14. The van der Waals surface area contributed by atoms with Crippen molar-refractivity contribution in [1.29, 1.82) is 0 Å². The molecular weight excluding hydrogens is 252 g/mol. The molecule has 3 heteroatoms. The fourth-order valence-electron chi connectivity index (χ4n) is 2.65. The predicted molar refractivity (Wildman–Crippen MR) is 80.6 cm³/mol. The van der Waals surface area contributed by atoms with Gasteiger partial charge in [0.25, 0.3) is 0 Å². The summed E-state index contributed by atoms with van der Waals surface area (Å²) in [4.78, 5) is 4.75. The van der Waals surface area contributed by atoms with Gasteiger partial charge in [0.1, 0.15) is 0 Å². The van der Waals surface area contributed by atoms with E-state index in [0.717, 1.165) is 11.2 Å². The minimum atomic E-state index is 0.598. The Labute approximate surface area is 115 Å². The van der Waals surface area contributed by atoms with Crippen LogP contribution in [-0.4, -0.2) is 4.98 Å². The first-order chi connectivity index (χ1) is 9.31. The zero-order valence-corrected chi connectivity index (χ0v) is 11.2. The molecule has 2 nitrogen and oxygen atoms in total. The summed E-state index contributed by atoms with van der Waals surface area (Å²) < 4.78 is 1.20. The fraction of sp³-hybridized carbons (Fsp3) is 0.188. The van der Waals surface area contributed by atoms with Gasteiger partial charge in [-0.2, -0.15) is 0 Å². The molecule has 1 aliphatic rings. The van der Waals surface area contributed by atoms with E-state index in [0.29, 0.717) is 11.8 Å². The Balaban J connectivity index is 1.66. The van der Waals surface area contributed by atoms with Gasteiger partial charge >= 0.3 is 0 Å². The number of fused-ring (bicyclic) bond motifs is 1. The summed E-state index contributed by atoms with van der Waals surface area (Å²) in [7, 11) is 0. The van der Waals surface area contributed by atoms with Crippen LogP contribution in [0, 0.1) is 0 Å². The van der Waals surface area contributed by atoms with Crippen molar-refractivity contribution in [1.82, 2.24) is 4.98 Å². The van der Waals surface area contributed by atoms with Gasteiger partial charge in [-0.25, -0.2) is 4.98 Å². The van der Waals surface area contributed by atoms with Crippen LogP contribution in [0.4, 0.5) is 5.69 Å². The Hall–Kier alpha value is -1.87. The SMILES string of the molecule is Nc1ccc2nc(C3CC3c3ccccc3)sc2c1. The molecule has 2 N–H and O–H groups in total. The third-order valence-electron chi connectivity index (χ3n) is 3.76. The normalized spacial score (nSPS) is 21.7. The Bertz CT molecular complexity index is 733.